The van der Waals surface area contributed by atoms with Gasteiger partial charge in [0.1, 0.15) is 10.7 Å². The standard InChI is InChI=1S/C17H12N6O6S/c1-27-11-4-2-10(3-5-11)22-15(16(24)29-21-22)13-9-30-17(19-13)20-18-8-12-6-7-14(28-12)23(25)26/h2-9H,1H3,(H-,19,20,21,24)/b18-8+. The lowest BCUT2D eigenvalue weighted by Gasteiger charge is -1.98. The summed E-state index contributed by atoms with van der Waals surface area (Å²) in [5, 5.41) is 32.5. The number of aromatic nitrogens is 3. The van der Waals surface area contributed by atoms with E-state index in [2.05, 4.69) is 20.8 Å². The van der Waals surface area contributed by atoms with Crippen molar-refractivity contribution in [3.63, 3.8) is 0 Å². The molecule has 1 aromatic carbocycles. The maximum atomic E-state index is 12.2. The molecule has 0 atom stereocenters. The first kappa shape index (κ1) is 19.1. The minimum absolute atomic E-state index is 0.148. The van der Waals surface area contributed by atoms with Gasteiger partial charge < -0.3 is 18.8 Å². The van der Waals surface area contributed by atoms with E-state index in [0.717, 1.165) is 0 Å². The maximum Gasteiger partial charge on any atom is 0.433 e. The van der Waals surface area contributed by atoms with Crippen LogP contribution in [0.3, 0.4) is 0 Å². The van der Waals surface area contributed by atoms with Crippen LogP contribution in [0.2, 0.25) is 0 Å². The summed E-state index contributed by atoms with van der Waals surface area (Å²) in [5.41, 5.74) is 3.76. The number of methoxy groups -OCH3 is 1. The monoisotopic (exact) mass is 428 g/mol. The Bertz CT molecular complexity index is 1210. The lowest BCUT2D eigenvalue weighted by molar-refractivity contribution is -0.660. The van der Waals surface area contributed by atoms with Crippen molar-refractivity contribution in [1.82, 2.24) is 10.3 Å². The van der Waals surface area contributed by atoms with Crippen LogP contribution in [-0.2, 0) is 0 Å². The summed E-state index contributed by atoms with van der Waals surface area (Å²) in [6.07, 6.45) is 1.27. The number of ether oxygens (including phenoxy) is 1. The number of anilines is 1. The maximum absolute atomic E-state index is 12.2. The lowest BCUT2D eigenvalue weighted by atomic mass is 10.3. The Labute approximate surface area is 171 Å². The van der Waals surface area contributed by atoms with Crippen molar-refractivity contribution in [1.29, 1.82) is 0 Å². The van der Waals surface area contributed by atoms with Gasteiger partial charge in [0.15, 0.2) is 17.4 Å². The summed E-state index contributed by atoms with van der Waals surface area (Å²) in [4.78, 5) is 14.3. The van der Waals surface area contributed by atoms with Crippen LogP contribution in [0.15, 0.2) is 55.8 Å². The molecule has 0 aliphatic rings. The van der Waals surface area contributed by atoms with Crippen molar-refractivity contribution < 1.29 is 28.4 Å². The fourth-order valence-electron chi connectivity index (χ4n) is 2.46. The number of hydrogen-bond donors (Lipinski definition) is 1. The predicted molar refractivity (Wildman–Crippen MR) is 102 cm³/mol. The predicted octanol–water partition coefficient (Wildman–Crippen LogP) is 2.10. The van der Waals surface area contributed by atoms with Gasteiger partial charge in [-0.1, -0.05) is 0 Å². The highest BCUT2D eigenvalue weighted by Crippen LogP contribution is 2.28. The molecule has 30 heavy (non-hydrogen) atoms. The van der Waals surface area contributed by atoms with E-state index in [1.807, 2.05) is 0 Å². The Morgan fingerprint density at radius 2 is 2.10 bits per heavy atom. The summed E-state index contributed by atoms with van der Waals surface area (Å²) < 4.78 is 16.2. The highest BCUT2D eigenvalue weighted by molar-refractivity contribution is 7.14. The van der Waals surface area contributed by atoms with Gasteiger partial charge in [-0.2, -0.15) is 5.10 Å². The van der Waals surface area contributed by atoms with Gasteiger partial charge in [-0.15, -0.1) is 11.3 Å². The van der Waals surface area contributed by atoms with E-state index in [1.54, 1.807) is 36.8 Å². The van der Waals surface area contributed by atoms with Gasteiger partial charge in [0.25, 0.3) is 5.69 Å². The highest BCUT2D eigenvalue weighted by Gasteiger charge is 2.25. The molecule has 4 aromatic rings. The van der Waals surface area contributed by atoms with Crippen molar-refractivity contribution in [2.45, 2.75) is 0 Å². The van der Waals surface area contributed by atoms with Crippen LogP contribution in [0.1, 0.15) is 5.76 Å². The molecule has 0 aliphatic carbocycles. The van der Waals surface area contributed by atoms with Crippen LogP contribution in [0.4, 0.5) is 11.0 Å². The fraction of sp³-hybridized carbons (Fsp3) is 0.0588. The number of nitrogens with one attached hydrogen (secondary N) is 1. The summed E-state index contributed by atoms with van der Waals surface area (Å²) in [6, 6.07) is 9.54. The zero-order valence-corrected chi connectivity index (χ0v) is 16.0. The minimum atomic E-state index is -0.644. The summed E-state index contributed by atoms with van der Waals surface area (Å²) in [7, 11) is 1.55. The van der Waals surface area contributed by atoms with Crippen molar-refractivity contribution in [2.75, 3.05) is 12.5 Å². The zero-order valence-electron chi connectivity index (χ0n) is 15.2. The molecular weight excluding hydrogens is 416 g/mol. The summed E-state index contributed by atoms with van der Waals surface area (Å²) in [6.45, 7) is 0. The normalized spacial score (nSPS) is 11.1. The highest BCUT2D eigenvalue weighted by atomic mass is 32.1. The summed E-state index contributed by atoms with van der Waals surface area (Å²) >= 11 is 1.20. The van der Waals surface area contributed by atoms with Gasteiger partial charge in [0, 0.05) is 17.5 Å². The van der Waals surface area contributed by atoms with Crippen LogP contribution in [0.5, 0.6) is 11.7 Å². The van der Waals surface area contributed by atoms with Gasteiger partial charge in [0.2, 0.25) is 10.8 Å². The Balaban J connectivity index is 1.53. The number of benzene rings is 1. The van der Waals surface area contributed by atoms with E-state index in [4.69, 9.17) is 13.7 Å². The fourth-order valence-corrected chi connectivity index (χ4v) is 3.10. The summed E-state index contributed by atoms with van der Waals surface area (Å²) in [5.74, 6) is -0.170. The molecule has 0 spiro atoms. The van der Waals surface area contributed by atoms with Crippen molar-refractivity contribution in [3.8, 4) is 28.8 Å². The van der Waals surface area contributed by atoms with E-state index >= 15 is 0 Å². The Morgan fingerprint density at radius 1 is 1.30 bits per heavy atom. The first-order valence-corrected chi connectivity index (χ1v) is 9.16. The van der Waals surface area contributed by atoms with Gasteiger partial charge in [-0.25, -0.2) is 4.98 Å². The molecule has 0 saturated carbocycles. The van der Waals surface area contributed by atoms with Crippen LogP contribution in [0, 0.1) is 10.1 Å². The molecule has 0 fully saturated rings. The Kier molecular flexibility index (Phi) is 5.09. The first-order chi connectivity index (χ1) is 14.5. The molecule has 0 radical (unpaired) electrons. The third kappa shape index (κ3) is 3.81. The van der Waals surface area contributed by atoms with Crippen molar-refractivity contribution in [3.05, 3.63) is 57.7 Å². The van der Waals surface area contributed by atoms with Gasteiger partial charge >= 0.3 is 5.88 Å². The second kappa shape index (κ2) is 8.00. The zero-order chi connectivity index (χ0) is 21.1. The molecule has 152 valence electrons. The molecule has 0 aliphatic heterocycles. The lowest BCUT2D eigenvalue weighted by Crippen LogP contribution is -2.34. The minimum Gasteiger partial charge on any atom is -0.539 e. The van der Waals surface area contributed by atoms with E-state index in [9.17, 15) is 15.2 Å². The molecule has 4 rings (SSSR count). The molecule has 12 nitrogen and oxygen atoms in total. The second-order valence-electron chi connectivity index (χ2n) is 5.66. The molecule has 0 unspecified atom stereocenters. The third-order valence-electron chi connectivity index (χ3n) is 3.82. The van der Waals surface area contributed by atoms with Gasteiger partial charge in [-0.05, 0) is 22.9 Å². The molecule has 13 heteroatoms. The average Bonchev–Trinajstić information content (AvgIpc) is 3.48. The number of nitro groups is 1. The van der Waals surface area contributed by atoms with Gasteiger partial charge in [0.05, 0.1) is 24.7 Å². The Morgan fingerprint density at radius 3 is 2.80 bits per heavy atom. The number of hydrogen-bond acceptors (Lipinski definition) is 11. The molecule has 0 saturated heterocycles. The Hall–Kier alpha value is -4.26. The smallest absolute Gasteiger partial charge is 0.433 e. The van der Waals surface area contributed by atoms with Crippen LogP contribution in [0.25, 0.3) is 17.1 Å². The van der Waals surface area contributed by atoms with Crippen LogP contribution >= 0.6 is 11.3 Å². The number of thiazole rings is 1. The molecule has 3 heterocycles. The van der Waals surface area contributed by atoms with Crippen LogP contribution < -0.4 is 20.0 Å². The average molecular weight is 428 g/mol. The quantitative estimate of drug-likeness (QED) is 0.201. The number of hydrazone groups is 1. The molecule has 1 N–H and O–H groups in total. The third-order valence-corrected chi connectivity index (χ3v) is 4.57. The topological polar surface area (TPSA) is 156 Å². The van der Waals surface area contributed by atoms with Gasteiger partial charge in [-0.3, -0.25) is 15.5 Å². The molecular formula is C17H12N6O6S. The largest absolute Gasteiger partial charge is 0.539 e. The molecule has 0 amide bonds. The SMILES string of the molecule is COc1ccc(-[n+]2noc([O-])c2-c2csc(N/N=C/c3ccc([N+](=O)[O-])o3)n2)cc1. The first-order valence-electron chi connectivity index (χ1n) is 8.28. The van der Waals surface area contributed by atoms with E-state index in [1.165, 1.54) is 34.4 Å². The molecule has 3 aromatic heterocycles. The van der Waals surface area contributed by atoms with Crippen LogP contribution in [-0.4, -0.2) is 28.5 Å². The number of nitrogens with zero attached hydrogens (tertiary/aromatic N) is 5. The van der Waals surface area contributed by atoms with Crippen molar-refractivity contribution >= 4 is 28.6 Å². The van der Waals surface area contributed by atoms with E-state index in [0.29, 0.717) is 22.3 Å². The number of furan rings is 1. The molecule has 0 bridgehead atoms. The van der Waals surface area contributed by atoms with E-state index < -0.39 is 10.9 Å². The number of rotatable bonds is 7. The second-order valence-corrected chi connectivity index (χ2v) is 6.52. The van der Waals surface area contributed by atoms with Crippen molar-refractivity contribution in [2.24, 2.45) is 5.10 Å². The van der Waals surface area contributed by atoms with E-state index in [-0.39, 0.29) is 17.3 Å².